The Balaban J connectivity index is 1.71. The summed E-state index contributed by atoms with van der Waals surface area (Å²) < 4.78 is 16.3. The summed E-state index contributed by atoms with van der Waals surface area (Å²) in [6.45, 7) is 6.19. The zero-order valence-electron chi connectivity index (χ0n) is 21.5. The van der Waals surface area contributed by atoms with Crippen LogP contribution in [0.2, 0.25) is 5.02 Å². The molecule has 3 aromatic rings. The number of hydrogen-bond donors (Lipinski definition) is 3. The van der Waals surface area contributed by atoms with E-state index in [2.05, 4.69) is 41.7 Å². The first kappa shape index (κ1) is 27.5. The van der Waals surface area contributed by atoms with E-state index in [-0.39, 0.29) is 22.6 Å². The highest BCUT2D eigenvalue weighted by molar-refractivity contribution is 14.1. The Bertz CT molecular complexity index is 1520. The largest absolute Gasteiger partial charge is 0.325 e. The zero-order chi connectivity index (χ0) is 28.1. The van der Waals surface area contributed by atoms with Crippen molar-refractivity contribution in [2.24, 2.45) is 5.41 Å². The third-order valence-electron chi connectivity index (χ3n) is 7.37. The molecule has 2 aliphatic rings. The van der Waals surface area contributed by atoms with Gasteiger partial charge < -0.3 is 16.0 Å². The molecule has 0 aliphatic carbocycles. The van der Waals surface area contributed by atoms with E-state index in [1.54, 1.807) is 42.5 Å². The lowest BCUT2D eigenvalue weighted by molar-refractivity contribution is -0.122. The van der Waals surface area contributed by atoms with Crippen molar-refractivity contribution < 1.29 is 14.0 Å². The molecule has 0 saturated carbocycles. The molecule has 7 nitrogen and oxygen atoms in total. The van der Waals surface area contributed by atoms with Gasteiger partial charge in [-0.2, -0.15) is 5.26 Å². The number of carbonyl (C=O) groups excluding carboxylic acids is 2. The number of hydrogen-bond acceptors (Lipinski definition) is 5. The van der Waals surface area contributed by atoms with E-state index in [4.69, 9.17) is 16.9 Å². The molecule has 1 aromatic heterocycles. The number of nitriles is 1. The molecule has 2 amide bonds. The molecule has 0 bridgehead atoms. The van der Waals surface area contributed by atoms with Crippen LogP contribution in [0.5, 0.6) is 0 Å². The van der Waals surface area contributed by atoms with Crippen molar-refractivity contribution in [3.63, 3.8) is 0 Å². The van der Waals surface area contributed by atoms with Crippen LogP contribution in [0.3, 0.4) is 0 Å². The Kier molecular flexibility index (Phi) is 7.16. The van der Waals surface area contributed by atoms with Gasteiger partial charge in [0, 0.05) is 26.2 Å². The second-order valence-corrected chi connectivity index (χ2v) is 12.7. The van der Waals surface area contributed by atoms with E-state index >= 15 is 4.39 Å². The van der Waals surface area contributed by atoms with Crippen molar-refractivity contribution in [2.45, 2.75) is 50.6 Å². The molecular weight excluding hydrogens is 632 g/mol. The monoisotopic (exact) mass is 657 g/mol. The first-order chi connectivity index (χ1) is 18.5. The summed E-state index contributed by atoms with van der Waals surface area (Å²) in [5.74, 6) is -2.09. The maximum absolute atomic E-state index is 15.9. The lowest BCUT2D eigenvalue weighted by atomic mass is 9.62. The molecule has 2 aliphatic heterocycles. The van der Waals surface area contributed by atoms with Crippen molar-refractivity contribution >= 4 is 57.4 Å². The van der Waals surface area contributed by atoms with E-state index in [9.17, 15) is 9.59 Å². The molecule has 4 atom stereocenters. The molecule has 1 saturated heterocycles. The lowest BCUT2D eigenvalue weighted by Gasteiger charge is -2.37. The highest BCUT2D eigenvalue weighted by atomic mass is 127. The SMILES string of the molecule is CC(C)(C)C[C@@H]1N[C@@H](C(=O)Nc2ccc(C#N)nc2)[C@H](c2cccc(I)c2F)[C@]12C(=O)Nc1cc(Cl)ccc12. The smallest absolute Gasteiger partial charge is 0.242 e. The van der Waals surface area contributed by atoms with Gasteiger partial charge in [0.05, 0.1) is 17.9 Å². The quantitative estimate of drug-likeness (QED) is 0.311. The zero-order valence-corrected chi connectivity index (χ0v) is 24.4. The second-order valence-electron chi connectivity index (χ2n) is 11.1. The molecule has 0 unspecified atom stereocenters. The van der Waals surface area contributed by atoms with Gasteiger partial charge in [0.25, 0.3) is 0 Å². The highest BCUT2D eigenvalue weighted by Crippen LogP contribution is 2.57. The summed E-state index contributed by atoms with van der Waals surface area (Å²) in [6, 6.07) is 13.8. The van der Waals surface area contributed by atoms with E-state index < -0.39 is 35.1 Å². The molecule has 200 valence electrons. The van der Waals surface area contributed by atoms with Gasteiger partial charge >= 0.3 is 0 Å². The van der Waals surface area contributed by atoms with Gasteiger partial charge in [-0.1, -0.05) is 50.6 Å². The minimum Gasteiger partial charge on any atom is -0.325 e. The maximum atomic E-state index is 15.9. The van der Waals surface area contributed by atoms with Gasteiger partial charge in [-0.05, 0) is 75.9 Å². The summed E-state index contributed by atoms with van der Waals surface area (Å²) in [6.07, 6.45) is 1.93. The van der Waals surface area contributed by atoms with Gasteiger partial charge in [-0.3, -0.25) is 9.59 Å². The first-order valence-corrected chi connectivity index (χ1v) is 13.9. The molecule has 1 spiro atoms. The van der Waals surface area contributed by atoms with Crippen molar-refractivity contribution in [3.8, 4) is 6.07 Å². The summed E-state index contributed by atoms with van der Waals surface area (Å²) in [5.41, 5.74) is 0.604. The summed E-state index contributed by atoms with van der Waals surface area (Å²) in [4.78, 5) is 32.1. The third-order valence-corrected chi connectivity index (χ3v) is 8.43. The van der Waals surface area contributed by atoms with E-state index in [1.807, 2.05) is 28.7 Å². The molecule has 1 fully saturated rings. The van der Waals surface area contributed by atoms with Crippen LogP contribution in [-0.4, -0.2) is 28.9 Å². The molecular formula is C29H26ClFIN5O2. The number of amides is 2. The van der Waals surface area contributed by atoms with Crippen molar-refractivity contribution in [2.75, 3.05) is 10.6 Å². The Hall–Kier alpha value is -3.07. The van der Waals surface area contributed by atoms with Crippen LogP contribution in [0.15, 0.2) is 54.7 Å². The van der Waals surface area contributed by atoms with Gasteiger partial charge in [0.1, 0.15) is 23.0 Å². The van der Waals surface area contributed by atoms with E-state index in [0.717, 1.165) is 0 Å². The summed E-state index contributed by atoms with van der Waals surface area (Å²) in [7, 11) is 0. The van der Waals surface area contributed by atoms with Gasteiger partial charge in [-0.15, -0.1) is 0 Å². The van der Waals surface area contributed by atoms with Gasteiger partial charge in [-0.25, -0.2) is 9.37 Å². The predicted octanol–water partition coefficient (Wildman–Crippen LogP) is 5.74. The van der Waals surface area contributed by atoms with Gasteiger partial charge in [0.2, 0.25) is 11.8 Å². The fraction of sp³-hybridized carbons (Fsp3) is 0.310. The number of rotatable bonds is 4. The first-order valence-electron chi connectivity index (χ1n) is 12.4. The minimum atomic E-state index is -1.29. The van der Waals surface area contributed by atoms with Crippen LogP contribution >= 0.6 is 34.2 Å². The van der Waals surface area contributed by atoms with E-state index in [1.165, 1.54) is 12.3 Å². The van der Waals surface area contributed by atoms with Crippen molar-refractivity contribution in [3.05, 3.63) is 86.0 Å². The topological polar surface area (TPSA) is 107 Å². The molecule has 2 aromatic carbocycles. The number of benzene rings is 2. The Labute approximate surface area is 244 Å². The van der Waals surface area contributed by atoms with Crippen LogP contribution in [0.25, 0.3) is 0 Å². The van der Waals surface area contributed by atoms with E-state index in [0.29, 0.717) is 32.0 Å². The number of aromatic nitrogens is 1. The normalized spacial score (nSPS) is 23.8. The number of carbonyl (C=O) groups is 2. The van der Waals surface area contributed by atoms with Crippen molar-refractivity contribution in [1.82, 2.24) is 10.3 Å². The fourth-order valence-corrected chi connectivity index (χ4v) is 6.60. The highest BCUT2D eigenvalue weighted by Gasteiger charge is 2.66. The lowest BCUT2D eigenvalue weighted by Crippen LogP contribution is -2.49. The fourth-order valence-electron chi connectivity index (χ4n) is 5.91. The molecule has 3 N–H and O–H groups in total. The van der Waals surface area contributed by atoms with Crippen LogP contribution < -0.4 is 16.0 Å². The van der Waals surface area contributed by atoms with Crippen LogP contribution in [0.1, 0.15) is 49.9 Å². The number of nitrogens with zero attached hydrogens (tertiary/aromatic N) is 2. The third kappa shape index (κ3) is 4.79. The van der Waals surface area contributed by atoms with Crippen LogP contribution in [0, 0.1) is 26.1 Å². The van der Waals surface area contributed by atoms with Crippen molar-refractivity contribution in [1.29, 1.82) is 5.26 Å². The van der Waals surface area contributed by atoms with Gasteiger partial charge in [0.15, 0.2) is 0 Å². The Morgan fingerprint density at radius 2 is 2.03 bits per heavy atom. The molecule has 5 rings (SSSR count). The number of anilines is 2. The average Bonchev–Trinajstić information content (AvgIpc) is 3.35. The molecule has 0 radical (unpaired) electrons. The Morgan fingerprint density at radius 1 is 1.26 bits per heavy atom. The summed E-state index contributed by atoms with van der Waals surface area (Å²) in [5, 5.41) is 18.8. The molecule has 3 heterocycles. The van der Waals surface area contributed by atoms with Crippen LogP contribution in [-0.2, 0) is 15.0 Å². The average molecular weight is 658 g/mol. The van der Waals surface area contributed by atoms with Crippen LogP contribution in [0.4, 0.5) is 15.8 Å². The Morgan fingerprint density at radius 3 is 2.69 bits per heavy atom. The molecule has 39 heavy (non-hydrogen) atoms. The maximum Gasteiger partial charge on any atom is 0.242 e. The minimum absolute atomic E-state index is 0.216. The predicted molar refractivity (Wildman–Crippen MR) is 156 cm³/mol. The number of pyridine rings is 1. The number of fused-ring (bicyclic) bond motifs is 2. The number of halogens is 3. The molecule has 10 heteroatoms. The number of nitrogens with one attached hydrogen (secondary N) is 3. The second kappa shape index (κ2) is 10.2. The summed E-state index contributed by atoms with van der Waals surface area (Å²) >= 11 is 8.21. The standard InChI is InChI=1S/C29H26ClFIN5O2/c1-28(2,3)12-22-29(19-10-7-15(30)11-21(19)36-27(29)39)23(18-5-4-6-20(32)24(18)31)25(37-22)26(38)35-17-9-8-16(13-33)34-14-17/h4-11,14,22-23,25,37H,12H2,1-3H3,(H,35,38)(H,36,39)/t22-,23-,25+,29+/m0/s1.